The van der Waals surface area contributed by atoms with E-state index in [9.17, 15) is 5.11 Å². The highest BCUT2D eigenvalue weighted by molar-refractivity contribution is 5.14. The van der Waals surface area contributed by atoms with Crippen LogP contribution in [0.3, 0.4) is 0 Å². The molecule has 0 heterocycles. The minimum Gasteiger partial charge on any atom is -0.394 e. The second-order valence-corrected chi connectivity index (χ2v) is 7.58. The third-order valence-corrected chi connectivity index (χ3v) is 5.08. The van der Waals surface area contributed by atoms with Gasteiger partial charge in [0.15, 0.2) is 0 Å². The molecule has 1 saturated carbocycles. The Morgan fingerprint density at radius 1 is 0.931 bits per heavy atom. The third kappa shape index (κ3) is 15.5. The van der Waals surface area contributed by atoms with E-state index in [1.54, 1.807) is 0 Å². The topological polar surface area (TPSA) is 79.2 Å². The standard InChI is InChI=1S/C12H24O2.C11H16O3.CH4/c1-2-12(13)10-14-9-8-11-6-4-3-5-7-11;12-8-11(13)9-14-7-6-10-4-2-1-3-5-10;/h11-13H,2-10H2,1H3;1-5,11-13H,6-9H2;1H4. The molecule has 5 nitrogen and oxygen atoms in total. The van der Waals surface area contributed by atoms with Crippen LogP contribution in [-0.4, -0.2) is 60.6 Å². The van der Waals surface area contributed by atoms with E-state index in [0.717, 1.165) is 25.4 Å². The van der Waals surface area contributed by atoms with Gasteiger partial charge in [0.2, 0.25) is 0 Å². The van der Waals surface area contributed by atoms with Crippen molar-refractivity contribution in [2.75, 3.05) is 33.0 Å². The lowest BCUT2D eigenvalue weighted by Gasteiger charge is -2.21. The molecule has 1 aromatic carbocycles. The van der Waals surface area contributed by atoms with Gasteiger partial charge in [-0.2, -0.15) is 0 Å². The van der Waals surface area contributed by atoms with Gasteiger partial charge in [0.1, 0.15) is 6.10 Å². The van der Waals surface area contributed by atoms with Crippen molar-refractivity contribution in [3.8, 4) is 0 Å². The van der Waals surface area contributed by atoms with Gasteiger partial charge in [-0.25, -0.2) is 0 Å². The van der Waals surface area contributed by atoms with Crippen molar-refractivity contribution >= 4 is 0 Å². The molecule has 1 aliphatic rings. The number of aliphatic hydroxyl groups excluding tert-OH is 3. The Balaban J connectivity index is 0.000000523. The molecule has 0 aliphatic heterocycles. The van der Waals surface area contributed by atoms with E-state index < -0.39 is 6.10 Å². The van der Waals surface area contributed by atoms with Gasteiger partial charge in [0.05, 0.1) is 32.5 Å². The Bertz CT molecular complexity index is 448. The molecule has 2 unspecified atom stereocenters. The lowest BCUT2D eigenvalue weighted by molar-refractivity contribution is 0.00723. The van der Waals surface area contributed by atoms with E-state index in [-0.39, 0.29) is 26.7 Å². The Labute approximate surface area is 178 Å². The highest BCUT2D eigenvalue weighted by atomic mass is 16.5. The maximum atomic E-state index is 9.27. The molecule has 1 aromatic rings. The van der Waals surface area contributed by atoms with E-state index in [0.29, 0.717) is 13.2 Å². The SMILES string of the molecule is C.CCC(O)COCCC1CCCCC1.OCC(O)COCCc1ccccc1. The first-order valence-corrected chi connectivity index (χ1v) is 10.8. The van der Waals surface area contributed by atoms with Crippen LogP contribution in [-0.2, 0) is 15.9 Å². The largest absolute Gasteiger partial charge is 0.394 e. The summed E-state index contributed by atoms with van der Waals surface area (Å²) in [7, 11) is 0. The first-order chi connectivity index (χ1) is 13.7. The summed E-state index contributed by atoms with van der Waals surface area (Å²) in [4.78, 5) is 0. The van der Waals surface area contributed by atoms with Crippen LogP contribution in [0, 0.1) is 5.92 Å². The first-order valence-electron chi connectivity index (χ1n) is 10.8. The molecule has 0 saturated heterocycles. The summed E-state index contributed by atoms with van der Waals surface area (Å²) in [5.74, 6) is 0.891. The first kappa shape index (κ1) is 28.0. The van der Waals surface area contributed by atoms with E-state index in [1.165, 1.54) is 44.1 Å². The second kappa shape index (κ2) is 19.0. The average molecular weight is 413 g/mol. The van der Waals surface area contributed by atoms with Gasteiger partial charge in [-0.05, 0) is 30.7 Å². The van der Waals surface area contributed by atoms with Crippen LogP contribution in [0.2, 0.25) is 0 Å². The monoisotopic (exact) mass is 412 g/mol. The molecule has 1 aliphatic carbocycles. The molecule has 5 heteroatoms. The molecule has 29 heavy (non-hydrogen) atoms. The number of rotatable bonds is 12. The molecular weight excluding hydrogens is 368 g/mol. The summed E-state index contributed by atoms with van der Waals surface area (Å²) >= 11 is 0. The number of ether oxygens (including phenoxy) is 2. The molecule has 0 spiro atoms. The van der Waals surface area contributed by atoms with E-state index in [4.69, 9.17) is 19.7 Å². The van der Waals surface area contributed by atoms with Gasteiger partial charge in [0, 0.05) is 6.61 Å². The Morgan fingerprint density at radius 3 is 2.17 bits per heavy atom. The zero-order valence-corrected chi connectivity index (χ0v) is 17.5. The van der Waals surface area contributed by atoms with Crippen LogP contribution < -0.4 is 0 Å². The third-order valence-electron chi connectivity index (χ3n) is 5.08. The van der Waals surface area contributed by atoms with Crippen molar-refractivity contribution in [3.05, 3.63) is 35.9 Å². The van der Waals surface area contributed by atoms with Gasteiger partial charge in [0.25, 0.3) is 0 Å². The van der Waals surface area contributed by atoms with Crippen LogP contribution in [0.5, 0.6) is 0 Å². The summed E-state index contributed by atoms with van der Waals surface area (Å²) in [6.07, 6.45) is 8.81. The zero-order chi connectivity index (χ0) is 20.5. The molecule has 0 aromatic heterocycles. The van der Waals surface area contributed by atoms with Gasteiger partial charge in [-0.1, -0.05) is 76.8 Å². The molecule has 2 atom stereocenters. The summed E-state index contributed by atoms with van der Waals surface area (Å²) in [5.41, 5.74) is 1.21. The number of benzene rings is 1. The Morgan fingerprint density at radius 2 is 1.55 bits per heavy atom. The van der Waals surface area contributed by atoms with Crippen LogP contribution >= 0.6 is 0 Å². The van der Waals surface area contributed by atoms with E-state index in [2.05, 4.69) is 0 Å². The lowest BCUT2D eigenvalue weighted by atomic mass is 9.87. The fourth-order valence-corrected chi connectivity index (χ4v) is 3.17. The molecule has 2 rings (SSSR count). The summed E-state index contributed by atoms with van der Waals surface area (Å²) in [6.45, 7) is 3.86. The number of aliphatic hydroxyl groups is 3. The fourth-order valence-electron chi connectivity index (χ4n) is 3.17. The molecule has 1 fully saturated rings. The maximum Gasteiger partial charge on any atom is 0.100 e. The molecule has 0 radical (unpaired) electrons. The summed E-state index contributed by atoms with van der Waals surface area (Å²) in [6, 6.07) is 10.0. The maximum absolute atomic E-state index is 9.27. The minimum atomic E-state index is -0.759. The van der Waals surface area contributed by atoms with E-state index >= 15 is 0 Å². The minimum absolute atomic E-state index is 0. The van der Waals surface area contributed by atoms with Crippen molar-refractivity contribution in [1.82, 2.24) is 0 Å². The Kier molecular flexibility index (Phi) is 18.4. The van der Waals surface area contributed by atoms with Crippen molar-refractivity contribution in [2.45, 2.75) is 77.9 Å². The predicted molar refractivity (Wildman–Crippen MR) is 119 cm³/mol. The highest BCUT2D eigenvalue weighted by Gasteiger charge is 2.13. The number of hydrogen-bond acceptors (Lipinski definition) is 5. The number of hydrogen-bond donors (Lipinski definition) is 3. The normalized spacial score (nSPS) is 16.3. The average Bonchev–Trinajstić information content (AvgIpc) is 2.76. The molecule has 3 N–H and O–H groups in total. The Hall–Kier alpha value is -0.980. The van der Waals surface area contributed by atoms with Crippen LogP contribution in [0.15, 0.2) is 30.3 Å². The lowest BCUT2D eigenvalue weighted by Crippen LogP contribution is -2.20. The molecule has 0 amide bonds. The van der Waals surface area contributed by atoms with Gasteiger partial charge >= 0.3 is 0 Å². The summed E-state index contributed by atoms with van der Waals surface area (Å²) in [5, 5.41) is 26.8. The summed E-state index contributed by atoms with van der Waals surface area (Å²) < 4.78 is 10.6. The van der Waals surface area contributed by atoms with Gasteiger partial charge in [-0.3, -0.25) is 0 Å². The highest BCUT2D eigenvalue weighted by Crippen LogP contribution is 2.26. The predicted octanol–water partition coefficient (Wildman–Crippen LogP) is 3.98. The smallest absolute Gasteiger partial charge is 0.100 e. The van der Waals surface area contributed by atoms with Crippen molar-refractivity contribution in [1.29, 1.82) is 0 Å². The molecule has 0 bridgehead atoms. The second-order valence-electron chi connectivity index (χ2n) is 7.58. The quantitative estimate of drug-likeness (QED) is 0.453. The van der Waals surface area contributed by atoms with Gasteiger partial charge < -0.3 is 24.8 Å². The van der Waals surface area contributed by atoms with Crippen LogP contribution in [0.4, 0.5) is 0 Å². The van der Waals surface area contributed by atoms with Crippen molar-refractivity contribution < 1.29 is 24.8 Å². The van der Waals surface area contributed by atoms with Crippen molar-refractivity contribution in [2.24, 2.45) is 5.92 Å². The zero-order valence-electron chi connectivity index (χ0n) is 17.5. The van der Waals surface area contributed by atoms with Crippen molar-refractivity contribution in [3.63, 3.8) is 0 Å². The fraction of sp³-hybridized carbons (Fsp3) is 0.750. The van der Waals surface area contributed by atoms with Crippen LogP contribution in [0.25, 0.3) is 0 Å². The molecule has 170 valence electrons. The molecular formula is C24H44O5. The van der Waals surface area contributed by atoms with E-state index in [1.807, 2.05) is 37.3 Å². The van der Waals surface area contributed by atoms with Gasteiger partial charge in [-0.15, -0.1) is 0 Å². The van der Waals surface area contributed by atoms with Crippen LogP contribution in [0.1, 0.15) is 64.9 Å².